The van der Waals surface area contributed by atoms with Crippen molar-refractivity contribution in [3.05, 3.63) is 47.5 Å². The summed E-state index contributed by atoms with van der Waals surface area (Å²) in [6.45, 7) is -0.368. The van der Waals surface area contributed by atoms with Crippen LogP contribution < -0.4 is 18.9 Å². The summed E-state index contributed by atoms with van der Waals surface area (Å²) in [4.78, 5) is 24.3. The first-order chi connectivity index (χ1) is 13.0. The molecule has 0 saturated carbocycles. The molecule has 0 saturated heterocycles. The Morgan fingerprint density at radius 3 is 2.11 bits per heavy atom. The molecule has 2 aromatic carbocycles. The highest BCUT2D eigenvalue weighted by Gasteiger charge is 2.15. The fraction of sp³-hybridized carbons (Fsp3) is 0.300. The summed E-state index contributed by atoms with van der Waals surface area (Å²) in [5.41, 5.74) is 1.00. The number of ketones is 1. The lowest BCUT2D eigenvalue weighted by Crippen LogP contribution is -2.16. The number of esters is 1. The van der Waals surface area contributed by atoms with Gasteiger partial charge in [-0.15, -0.1) is 0 Å². The standard InChI is InChI=1S/C20H22O7/c1-23-15-7-5-14(18(11-15)25-3)10-20(22)27-12-16(21)13-6-8-17(24-2)19(9-13)26-4/h5-9,11H,10,12H2,1-4H3. The first-order valence-electron chi connectivity index (χ1n) is 8.14. The van der Waals surface area contributed by atoms with E-state index in [4.69, 9.17) is 23.7 Å². The highest BCUT2D eigenvalue weighted by Crippen LogP contribution is 2.28. The van der Waals surface area contributed by atoms with Crippen LogP contribution in [0.5, 0.6) is 23.0 Å². The highest BCUT2D eigenvalue weighted by molar-refractivity contribution is 5.98. The predicted molar refractivity (Wildman–Crippen MR) is 98.1 cm³/mol. The fourth-order valence-electron chi connectivity index (χ4n) is 2.44. The van der Waals surface area contributed by atoms with Crippen molar-refractivity contribution < 1.29 is 33.3 Å². The first-order valence-corrected chi connectivity index (χ1v) is 8.14. The van der Waals surface area contributed by atoms with E-state index in [1.165, 1.54) is 21.3 Å². The molecule has 0 aliphatic carbocycles. The van der Waals surface area contributed by atoms with Crippen molar-refractivity contribution >= 4 is 11.8 Å². The number of methoxy groups -OCH3 is 4. The van der Waals surface area contributed by atoms with Crippen LogP contribution >= 0.6 is 0 Å². The van der Waals surface area contributed by atoms with Gasteiger partial charge in [-0.2, -0.15) is 0 Å². The number of benzene rings is 2. The lowest BCUT2D eigenvalue weighted by Gasteiger charge is -2.11. The number of hydrogen-bond acceptors (Lipinski definition) is 7. The monoisotopic (exact) mass is 374 g/mol. The SMILES string of the molecule is COc1ccc(CC(=O)OCC(=O)c2ccc(OC)c(OC)c2)c(OC)c1. The van der Waals surface area contributed by atoms with Gasteiger partial charge in [0.1, 0.15) is 11.5 Å². The predicted octanol–water partition coefficient (Wildman–Crippen LogP) is 2.69. The molecule has 7 heteroatoms. The van der Waals surface area contributed by atoms with E-state index in [9.17, 15) is 9.59 Å². The third-order valence-corrected chi connectivity index (χ3v) is 3.90. The second-order valence-corrected chi connectivity index (χ2v) is 5.51. The number of ether oxygens (including phenoxy) is 5. The third-order valence-electron chi connectivity index (χ3n) is 3.90. The molecule has 2 aromatic rings. The van der Waals surface area contributed by atoms with E-state index in [0.29, 0.717) is 34.1 Å². The van der Waals surface area contributed by atoms with Gasteiger partial charge in [0, 0.05) is 17.2 Å². The van der Waals surface area contributed by atoms with E-state index >= 15 is 0 Å². The second kappa shape index (κ2) is 9.47. The molecule has 0 aliphatic heterocycles. The minimum Gasteiger partial charge on any atom is -0.497 e. The minimum absolute atomic E-state index is 0.0214. The van der Waals surface area contributed by atoms with Gasteiger partial charge in [-0.05, 0) is 24.3 Å². The first kappa shape index (κ1) is 20.1. The van der Waals surface area contributed by atoms with E-state index < -0.39 is 5.97 Å². The quantitative estimate of drug-likeness (QED) is 0.493. The Morgan fingerprint density at radius 2 is 1.48 bits per heavy atom. The van der Waals surface area contributed by atoms with Crippen molar-refractivity contribution in [1.29, 1.82) is 0 Å². The van der Waals surface area contributed by atoms with Gasteiger partial charge in [0.25, 0.3) is 0 Å². The maximum Gasteiger partial charge on any atom is 0.310 e. The summed E-state index contributed by atoms with van der Waals surface area (Å²) in [7, 11) is 6.04. The van der Waals surface area contributed by atoms with Crippen LogP contribution in [0, 0.1) is 0 Å². The van der Waals surface area contributed by atoms with Crippen molar-refractivity contribution in [2.45, 2.75) is 6.42 Å². The normalized spacial score (nSPS) is 10.1. The van der Waals surface area contributed by atoms with Crippen LogP contribution in [0.2, 0.25) is 0 Å². The van der Waals surface area contributed by atoms with Crippen LogP contribution in [0.15, 0.2) is 36.4 Å². The van der Waals surface area contributed by atoms with Crippen LogP contribution in [0.3, 0.4) is 0 Å². The number of carbonyl (C=O) groups excluding carboxylic acids is 2. The molecule has 0 atom stereocenters. The van der Waals surface area contributed by atoms with E-state index in [1.54, 1.807) is 43.5 Å². The largest absolute Gasteiger partial charge is 0.497 e. The molecule has 7 nitrogen and oxygen atoms in total. The summed E-state index contributed by atoms with van der Waals surface area (Å²) in [5, 5.41) is 0. The molecule has 0 bridgehead atoms. The zero-order valence-corrected chi connectivity index (χ0v) is 15.7. The van der Waals surface area contributed by atoms with E-state index in [0.717, 1.165) is 0 Å². The molecule has 27 heavy (non-hydrogen) atoms. The number of hydrogen-bond donors (Lipinski definition) is 0. The average Bonchev–Trinajstić information content (AvgIpc) is 2.71. The van der Waals surface area contributed by atoms with Crippen LogP contribution in [-0.2, 0) is 16.0 Å². The molecule has 0 spiro atoms. The maximum absolute atomic E-state index is 12.3. The van der Waals surface area contributed by atoms with E-state index in [1.807, 2.05) is 0 Å². The maximum atomic E-state index is 12.3. The number of Topliss-reactive ketones (excluding diaryl/α,β-unsaturated/α-hetero) is 1. The summed E-state index contributed by atoms with van der Waals surface area (Å²) >= 11 is 0. The van der Waals surface area contributed by atoms with Crippen molar-refractivity contribution in [2.24, 2.45) is 0 Å². The Bertz CT molecular complexity index is 814. The third kappa shape index (κ3) is 5.13. The topological polar surface area (TPSA) is 80.3 Å². The van der Waals surface area contributed by atoms with E-state index in [-0.39, 0.29) is 18.8 Å². The van der Waals surface area contributed by atoms with Gasteiger partial charge in [-0.3, -0.25) is 9.59 Å². The summed E-state index contributed by atoms with van der Waals surface area (Å²) in [6.07, 6.45) is -0.0214. The Balaban J connectivity index is 1.98. The van der Waals surface area contributed by atoms with Gasteiger partial charge >= 0.3 is 5.97 Å². The molecular weight excluding hydrogens is 352 g/mol. The van der Waals surface area contributed by atoms with Gasteiger partial charge in [0.05, 0.1) is 34.9 Å². The Kier molecular flexibility index (Phi) is 7.05. The number of rotatable bonds is 9. The summed E-state index contributed by atoms with van der Waals surface area (Å²) < 4.78 is 25.8. The molecule has 0 heterocycles. The van der Waals surface area contributed by atoms with Gasteiger partial charge in [-0.1, -0.05) is 6.07 Å². The van der Waals surface area contributed by atoms with Crippen molar-refractivity contribution in [1.82, 2.24) is 0 Å². The molecule has 0 radical (unpaired) electrons. The van der Waals surface area contributed by atoms with Gasteiger partial charge in [0.15, 0.2) is 23.9 Å². The summed E-state index contributed by atoms with van der Waals surface area (Å²) in [5.74, 6) is 1.19. The molecule has 0 unspecified atom stereocenters. The highest BCUT2D eigenvalue weighted by atomic mass is 16.5. The van der Waals surface area contributed by atoms with Crippen LogP contribution in [-0.4, -0.2) is 46.8 Å². The molecule has 0 fully saturated rings. The zero-order chi connectivity index (χ0) is 19.8. The molecule has 0 aromatic heterocycles. The van der Waals surface area contributed by atoms with Gasteiger partial charge < -0.3 is 23.7 Å². The minimum atomic E-state index is -0.535. The molecule has 0 amide bonds. The van der Waals surface area contributed by atoms with Crippen molar-refractivity contribution in [3.8, 4) is 23.0 Å². The fourth-order valence-corrected chi connectivity index (χ4v) is 2.44. The summed E-state index contributed by atoms with van der Waals surface area (Å²) in [6, 6.07) is 9.87. The van der Waals surface area contributed by atoms with Gasteiger partial charge in [0.2, 0.25) is 0 Å². The lowest BCUT2D eigenvalue weighted by atomic mass is 10.1. The van der Waals surface area contributed by atoms with Crippen LogP contribution in [0.25, 0.3) is 0 Å². The molecule has 144 valence electrons. The van der Waals surface area contributed by atoms with Crippen molar-refractivity contribution in [3.63, 3.8) is 0 Å². The zero-order valence-electron chi connectivity index (χ0n) is 15.7. The van der Waals surface area contributed by atoms with Crippen LogP contribution in [0.1, 0.15) is 15.9 Å². The Labute approximate surface area is 157 Å². The molecular formula is C20H22O7. The second-order valence-electron chi connectivity index (χ2n) is 5.51. The Hall–Kier alpha value is -3.22. The van der Waals surface area contributed by atoms with Crippen LogP contribution in [0.4, 0.5) is 0 Å². The molecule has 2 rings (SSSR count). The van der Waals surface area contributed by atoms with Gasteiger partial charge in [-0.25, -0.2) is 0 Å². The Morgan fingerprint density at radius 1 is 0.778 bits per heavy atom. The van der Waals surface area contributed by atoms with Crippen molar-refractivity contribution in [2.75, 3.05) is 35.0 Å². The molecule has 0 N–H and O–H groups in total. The lowest BCUT2D eigenvalue weighted by molar-refractivity contribution is -0.141. The number of carbonyl (C=O) groups is 2. The average molecular weight is 374 g/mol. The smallest absolute Gasteiger partial charge is 0.310 e. The van der Waals surface area contributed by atoms with E-state index in [2.05, 4.69) is 0 Å². The molecule has 0 aliphatic rings.